The molecule has 6 N–H and O–H groups in total. The van der Waals surface area contributed by atoms with E-state index in [1.165, 1.54) is 11.0 Å². The van der Waals surface area contributed by atoms with Crippen molar-refractivity contribution in [3.05, 3.63) is 70.0 Å². The Morgan fingerprint density at radius 1 is 1.10 bits per heavy atom. The number of esters is 1. The molecule has 0 heterocycles. The average Bonchev–Trinajstić information content (AvgIpc) is 2.90. The third-order valence-electron chi connectivity index (χ3n) is 8.36. The normalized spacial score (nSPS) is 25.4. The largest absolute Gasteiger partial charge is 0.508 e. The predicted molar refractivity (Wildman–Crippen MR) is 150 cm³/mol. The Kier molecular flexibility index (Phi) is 6.99. The lowest BCUT2D eigenvalue weighted by atomic mass is 9.57. The fourth-order valence-electron chi connectivity index (χ4n) is 6.61. The Bertz CT molecular complexity index is 1620. The summed E-state index contributed by atoms with van der Waals surface area (Å²) in [5.74, 6) is -7.63. The monoisotopic (exact) mass is 576 g/mol. The van der Waals surface area contributed by atoms with E-state index < -0.39 is 64.0 Å². The molecule has 3 aliphatic carbocycles. The summed E-state index contributed by atoms with van der Waals surface area (Å²) in [5.41, 5.74) is 3.52. The number of ketones is 2. The summed E-state index contributed by atoms with van der Waals surface area (Å²) in [6, 6.07) is 8.50. The van der Waals surface area contributed by atoms with Crippen molar-refractivity contribution >= 4 is 29.2 Å². The summed E-state index contributed by atoms with van der Waals surface area (Å²) in [4.78, 5) is 53.4. The highest BCUT2D eigenvalue weighted by Crippen LogP contribution is 2.53. The van der Waals surface area contributed by atoms with Gasteiger partial charge in [-0.05, 0) is 81.6 Å². The maximum Gasteiger partial charge on any atom is 0.338 e. The molecular weight excluding hydrogens is 544 g/mol. The van der Waals surface area contributed by atoms with Crippen LogP contribution in [-0.4, -0.2) is 80.6 Å². The van der Waals surface area contributed by atoms with Gasteiger partial charge in [0.2, 0.25) is 5.78 Å². The molecule has 1 saturated carbocycles. The Labute approximate surface area is 241 Å². The molecule has 2 aromatic rings. The smallest absolute Gasteiger partial charge is 0.338 e. The molecule has 4 atom stereocenters. The van der Waals surface area contributed by atoms with Crippen LogP contribution in [0.1, 0.15) is 41.8 Å². The van der Waals surface area contributed by atoms with Crippen LogP contribution in [0.2, 0.25) is 0 Å². The first kappa shape index (κ1) is 29.0. The minimum atomic E-state index is -2.71. The number of hydrogen-bond donors (Lipinski definition) is 5. The maximum absolute atomic E-state index is 14.0. The Hall–Kier alpha value is -4.48. The summed E-state index contributed by atoms with van der Waals surface area (Å²) >= 11 is 0. The third-order valence-corrected chi connectivity index (χ3v) is 8.36. The molecule has 0 aromatic heterocycles. The van der Waals surface area contributed by atoms with Crippen molar-refractivity contribution in [1.82, 2.24) is 4.90 Å². The van der Waals surface area contributed by atoms with E-state index in [-0.39, 0.29) is 35.8 Å². The second-order valence-corrected chi connectivity index (χ2v) is 11.5. The number of aliphatic hydroxyl groups is 3. The summed E-state index contributed by atoms with van der Waals surface area (Å²) < 4.78 is 5.32. The number of nitrogens with zero attached hydrogens (tertiary/aromatic N) is 1. The van der Waals surface area contributed by atoms with E-state index in [0.29, 0.717) is 22.3 Å². The van der Waals surface area contributed by atoms with Crippen LogP contribution in [-0.2, 0) is 25.5 Å². The first-order valence-electron chi connectivity index (χ1n) is 13.5. The summed E-state index contributed by atoms with van der Waals surface area (Å²) in [7, 11) is 3.09. The lowest BCUT2D eigenvalue weighted by Gasteiger charge is -2.50. The summed E-state index contributed by atoms with van der Waals surface area (Å²) in [6.45, 7) is 3.48. The number of benzene rings is 2. The quantitative estimate of drug-likeness (QED) is 0.261. The molecule has 0 spiro atoms. The van der Waals surface area contributed by atoms with Gasteiger partial charge in [0.15, 0.2) is 11.4 Å². The van der Waals surface area contributed by atoms with E-state index in [9.17, 15) is 39.6 Å². The van der Waals surface area contributed by atoms with E-state index in [4.69, 9.17) is 10.5 Å². The van der Waals surface area contributed by atoms with Gasteiger partial charge in [0.1, 0.15) is 22.8 Å². The van der Waals surface area contributed by atoms with Crippen molar-refractivity contribution in [3.8, 4) is 16.9 Å². The van der Waals surface area contributed by atoms with Crippen LogP contribution in [0.3, 0.4) is 0 Å². The van der Waals surface area contributed by atoms with E-state index in [2.05, 4.69) is 0 Å². The fourth-order valence-corrected chi connectivity index (χ4v) is 6.61. The van der Waals surface area contributed by atoms with Gasteiger partial charge in [-0.25, -0.2) is 4.79 Å². The topological polar surface area (TPSA) is 188 Å². The number of aromatic hydroxyl groups is 1. The van der Waals surface area contributed by atoms with Gasteiger partial charge in [0.05, 0.1) is 23.3 Å². The maximum atomic E-state index is 14.0. The number of aliphatic hydroxyl groups excluding tert-OH is 2. The number of phenolic OH excluding ortho intramolecular Hbond substituents is 1. The molecule has 0 unspecified atom stereocenters. The Morgan fingerprint density at radius 2 is 1.79 bits per heavy atom. The van der Waals surface area contributed by atoms with Crippen LogP contribution in [0.25, 0.3) is 16.9 Å². The molecule has 42 heavy (non-hydrogen) atoms. The van der Waals surface area contributed by atoms with E-state index in [1.54, 1.807) is 58.3 Å². The van der Waals surface area contributed by atoms with E-state index in [1.807, 2.05) is 0 Å². The van der Waals surface area contributed by atoms with Crippen molar-refractivity contribution in [2.75, 3.05) is 14.1 Å². The highest BCUT2D eigenvalue weighted by atomic mass is 16.5. The van der Waals surface area contributed by atoms with Crippen LogP contribution in [0, 0.1) is 11.8 Å². The molecule has 0 bridgehead atoms. The average molecular weight is 577 g/mol. The van der Waals surface area contributed by atoms with Gasteiger partial charge in [0, 0.05) is 11.5 Å². The van der Waals surface area contributed by atoms with Crippen LogP contribution in [0.5, 0.6) is 5.75 Å². The van der Waals surface area contributed by atoms with E-state index in [0.717, 1.165) is 0 Å². The minimum absolute atomic E-state index is 0.0262. The lowest BCUT2D eigenvalue weighted by Crippen LogP contribution is -2.65. The molecular formula is C31H32N2O9. The van der Waals surface area contributed by atoms with Crippen LogP contribution in [0.15, 0.2) is 53.3 Å². The number of ether oxygens (including phenoxy) is 1. The van der Waals surface area contributed by atoms with Crippen LogP contribution in [0.4, 0.5) is 0 Å². The number of Topliss-reactive ketones (excluding diaryl/α,β-unsaturated/α-hetero) is 2. The standard InChI is InChI=1S/C31H32N2O9/c1-13(2)42-30(40)15-7-5-6-14(10-15)17-8-9-20(34)22-18(17)11-16-12-19-24(33(3)4)26(36)23(29(32)39)28(38)31(19,41)27(37)21(16)25(22)35/h5-10,13,16,19,24,34-35,38,41H,11-12H2,1-4H3,(H2,32,39)/t16-,19-,24-,31-/m0/s1. The molecule has 1 fully saturated rings. The number of hydrogen-bond acceptors (Lipinski definition) is 10. The number of amides is 1. The Morgan fingerprint density at radius 3 is 2.40 bits per heavy atom. The van der Waals surface area contributed by atoms with Gasteiger partial charge >= 0.3 is 5.97 Å². The van der Waals surface area contributed by atoms with Gasteiger partial charge in [-0.3, -0.25) is 19.3 Å². The summed E-state index contributed by atoms with van der Waals surface area (Å²) in [6.07, 6.45) is -0.225. The number of fused-ring (bicyclic) bond motifs is 3. The van der Waals surface area contributed by atoms with Gasteiger partial charge in [-0.15, -0.1) is 0 Å². The number of nitrogens with two attached hydrogens (primary N) is 1. The second kappa shape index (κ2) is 10.1. The van der Waals surface area contributed by atoms with Gasteiger partial charge in [0.25, 0.3) is 5.91 Å². The zero-order chi connectivity index (χ0) is 30.8. The molecule has 11 heteroatoms. The molecule has 0 radical (unpaired) electrons. The molecule has 220 valence electrons. The van der Waals surface area contributed by atoms with Crippen LogP contribution < -0.4 is 5.73 Å². The van der Waals surface area contributed by atoms with Gasteiger partial charge in [-0.2, -0.15) is 0 Å². The highest BCUT2D eigenvalue weighted by molar-refractivity contribution is 6.24. The molecule has 2 aromatic carbocycles. The number of primary amides is 1. The fraction of sp³-hybridized carbons (Fsp3) is 0.355. The van der Waals surface area contributed by atoms with Crippen LogP contribution >= 0.6 is 0 Å². The molecule has 0 aliphatic heterocycles. The number of likely N-dealkylation sites (N-methyl/N-ethyl adjacent to an activating group) is 1. The SMILES string of the molecule is CC(C)OC(=O)c1cccc(-c2ccc(O)c3c2C[C@H]2C[C@H]4[C@H](N(C)C)C(=O)C(C(N)=O)=C(O)[C@@]4(O)C(=O)C2=C3O)c1. The molecule has 1 amide bonds. The third kappa shape index (κ3) is 4.19. The molecule has 0 saturated heterocycles. The zero-order valence-corrected chi connectivity index (χ0v) is 23.5. The number of carbonyl (C=O) groups is 4. The highest BCUT2D eigenvalue weighted by Gasteiger charge is 2.64. The number of rotatable bonds is 5. The number of phenols is 1. The zero-order valence-electron chi connectivity index (χ0n) is 23.5. The summed E-state index contributed by atoms with van der Waals surface area (Å²) in [5, 5.41) is 45.0. The lowest BCUT2D eigenvalue weighted by molar-refractivity contribution is -0.153. The molecule has 5 rings (SSSR count). The number of carbonyl (C=O) groups excluding carboxylic acids is 4. The first-order chi connectivity index (χ1) is 19.7. The minimum Gasteiger partial charge on any atom is -0.508 e. The van der Waals surface area contributed by atoms with Gasteiger partial charge < -0.3 is 30.9 Å². The first-order valence-corrected chi connectivity index (χ1v) is 13.5. The van der Waals surface area contributed by atoms with Gasteiger partial charge in [-0.1, -0.05) is 18.2 Å². The molecule has 11 nitrogen and oxygen atoms in total. The second-order valence-electron chi connectivity index (χ2n) is 11.5. The molecule has 3 aliphatic rings. The Balaban J connectivity index is 1.68. The van der Waals surface area contributed by atoms with Crippen molar-refractivity contribution in [1.29, 1.82) is 0 Å². The van der Waals surface area contributed by atoms with Crippen molar-refractivity contribution in [2.45, 2.75) is 44.4 Å². The van der Waals surface area contributed by atoms with E-state index >= 15 is 0 Å². The predicted octanol–water partition coefficient (Wildman–Crippen LogP) is 2.20. The van der Waals surface area contributed by atoms with Crippen molar-refractivity contribution in [2.24, 2.45) is 17.6 Å². The van der Waals surface area contributed by atoms with Crippen molar-refractivity contribution < 1.29 is 44.3 Å². The van der Waals surface area contributed by atoms with Crippen molar-refractivity contribution in [3.63, 3.8) is 0 Å².